The lowest BCUT2D eigenvalue weighted by Crippen LogP contribution is -2.45. The molecule has 158 valence electrons. The van der Waals surface area contributed by atoms with Crippen molar-refractivity contribution in [1.29, 1.82) is 0 Å². The molecule has 0 unspecified atom stereocenters. The zero-order valence-electron chi connectivity index (χ0n) is 17.0. The van der Waals surface area contributed by atoms with Crippen molar-refractivity contribution < 1.29 is 14.4 Å². The minimum absolute atomic E-state index is 0.0766. The van der Waals surface area contributed by atoms with Crippen LogP contribution in [0.25, 0.3) is 0 Å². The van der Waals surface area contributed by atoms with Crippen molar-refractivity contribution in [2.45, 2.75) is 26.7 Å². The highest BCUT2D eigenvalue weighted by atomic mass is 79.9. The van der Waals surface area contributed by atoms with E-state index in [1.165, 1.54) is 0 Å². The van der Waals surface area contributed by atoms with Gasteiger partial charge in [0, 0.05) is 40.9 Å². The molecular formula is C22H25BrN4O3. The van der Waals surface area contributed by atoms with Crippen LogP contribution >= 0.6 is 15.9 Å². The molecular weight excluding hydrogens is 448 g/mol. The van der Waals surface area contributed by atoms with Gasteiger partial charge in [0.15, 0.2) is 0 Å². The smallest absolute Gasteiger partial charge is 0.256 e. The Morgan fingerprint density at radius 1 is 1.17 bits per heavy atom. The Bertz CT molecular complexity index is 930. The van der Waals surface area contributed by atoms with Crippen LogP contribution in [-0.2, 0) is 9.59 Å². The van der Waals surface area contributed by atoms with Crippen LogP contribution in [0.3, 0.4) is 0 Å². The number of aromatic nitrogens is 1. The molecule has 2 aromatic rings. The second kappa shape index (κ2) is 9.84. The molecule has 2 N–H and O–H groups in total. The Morgan fingerprint density at radius 2 is 1.97 bits per heavy atom. The van der Waals surface area contributed by atoms with Gasteiger partial charge in [0.05, 0.1) is 5.92 Å². The topological polar surface area (TPSA) is 91.4 Å². The highest BCUT2D eigenvalue weighted by Gasteiger charge is 2.29. The first-order chi connectivity index (χ1) is 14.3. The average molecular weight is 473 g/mol. The summed E-state index contributed by atoms with van der Waals surface area (Å²) in [5.41, 5.74) is 0.960. The third-order valence-electron chi connectivity index (χ3n) is 4.96. The van der Waals surface area contributed by atoms with Crippen molar-refractivity contribution >= 4 is 45.2 Å². The molecule has 0 spiro atoms. The van der Waals surface area contributed by atoms with Crippen molar-refractivity contribution in [3.05, 3.63) is 52.6 Å². The summed E-state index contributed by atoms with van der Waals surface area (Å²) in [5.74, 6) is -0.272. The molecule has 1 aromatic carbocycles. The molecule has 1 atom stereocenters. The van der Waals surface area contributed by atoms with E-state index < -0.39 is 0 Å². The molecule has 7 nitrogen and oxygen atoms in total. The number of hydrogen-bond acceptors (Lipinski definition) is 4. The first kappa shape index (κ1) is 22.0. The number of rotatable bonds is 5. The van der Waals surface area contributed by atoms with Gasteiger partial charge in [0.2, 0.25) is 11.8 Å². The first-order valence-electron chi connectivity index (χ1n) is 9.96. The number of likely N-dealkylation sites (tertiary alicyclic amines) is 1. The molecule has 1 aliphatic rings. The van der Waals surface area contributed by atoms with Gasteiger partial charge in [0.1, 0.15) is 5.82 Å². The number of anilines is 2. The van der Waals surface area contributed by atoms with Crippen LogP contribution in [0, 0.1) is 11.8 Å². The third kappa shape index (κ3) is 5.66. The van der Waals surface area contributed by atoms with Gasteiger partial charge in [-0.1, -0.05) is 19.9 Å². The van der Waals surface area contributed by atoms with E-state index in [1.54, 1.807) is 47.5 Å². The molecule has 0 saturated carbocycles. The Kier molecular flexibility index (Phi) is 7.20. The van der Waals surface area contributed by atoms with Gasteiger partial charge in [-0.15, -0.1) is 0 Å². The standard InChI is InChI=1S/C22H25BrN4O3/c1-14(2)22(30)27-10-4-6-16(13-27)21(29)25-18-7-3-5-15(11-18)20(28)26-19-9-8-17(23)12-24-19/h3,5,7-9,11-12,14,16H,4,6,10,13H2,1-2H3,(H,25,29)(H,24,26,28)/t16-/m1/s1. The van der Waals surface area contributed by atoms with Crippen LogP contribution in [0.1, 0.15) is 37.0 Å². The van der Waals surface area contributed by atoms with E-state index in [0.717, 1.165) is 17.3 Å². The summed E-state index contributed by atoms with van der Waals surface area (Å²) in [6, 6.07) is 10.2. The minimum atomic E-state index is -0.313. The normalized spacial score (nSPS) is 16.3. The molecule has 8 heteroatoms. The number of amides is 3. The fraction of sp³-hybridized carbons (Fsp3) is 0.364. The largest absolute Gasteiger partial charge is 0.342 e. The van der Waals surface area contributed by atoms with Crippen molar-refractivity contribution in [2.75, 3.05) is 23.7 Å². The highest BCUT2D eigenvalue weighted by Crippen LogP contribution is 2.21. The number of halogens is 1. The predicted molar refractivity (Wildman–Crippen MR) is 119 cm³/mol. The van der Waals surface area contributed by atoms with Crippen molar-refractivity contribution in [3.63, 3.8) is 0 Å². The summed E-state index contributed by atoms with van der Waals surface area (Å²) in [4.78, 5) is 43.4. The molecule has 0 bridgehead atoms. The lowest BCUT2D eigenvalue weighted by atomic mass is 9.96. The van der Waals surface area contributed by atoms with Gasteiger partial charge >= 0.3 is 0 Å². The Labute approximate surface area is 184 Å². The molecule has 0 radical (unpaired) electrons. The fourth-order valence-electron chi connectivity index (χ4n) is 3.38. The lowest BCUT2D eigenvalue weighted by molar-refractivity contribution is -0.137. The summed E-state index contributed by atoms with van der Waals surface area (Å²) >= 11 is 3.30. The van der Waals surface area contributed by atoms with Gasteiger partial charge in [-0.25, -0.2) is 4.98 Å². The zero-order valence-corrected chi connectivity index (χ0v) is 18.6. The molecule has 30 heavy (non-hydrogen) atoms. The average Bonchev–Trinajstić information content (AvgIpc) is 2.75. The zero-order chi connectivity index (χ0) is 21.7. The maximum Gasteiger partial charge on any atom is 0.256 e. The molecule has 3 amide bonds. The molecule has 0 aliphatic carbocycles. The summed E-state index contributed by atoms with van der Waals surface area (Å²) in [5, 5.41) is 5.62. The second-order valence-electron chi connectivity index (χ2n) is 7.66. The summed E-state index contributed by atoms with van der Waals surface area (Å²) in [6.07, 6.45) is 3.14. The number of nitrogens with zero attached hydrogens (tertiary/aromatic N) is 2. The van der Waals surface area contributed by atoms with E-state index in [0.29, 0.717) is 30.2 Å². The number of piperidine rings is 1. The van der Waals surface area contributed by atoms with E-state index in [9.17, 15) is 14.4 Å². The minimum Gasteiger partial charge on any atom is -0.342 e. The van der Waals surface area contributed by atoms with Crippen LogP contribution in [-0.4, -0.2) is 40.7 Å². The maximum atomic E-state index is 12.7. The van der Waals surface area contributed by atoms with Crippen LogP contribution in [0.5, 0.6) is 0 Å². The molecule has 1 aliphatic heterocycles. The fourth-order valence-corrected chi connectivity index (χ4v) is 3.61. The van der Waals surface area contributed by atoms with Crippen LogP contribution in [0.15, 0.2) is 47.1 Å². The van der Waals surface area contributed by atoms with Crippen molar-refractivity contribution in [1.82, 2.24) is 9.88 Å². The first-order valence-corrected chi connectivity index (χ1v) is 10.8. The van der Waals surface area contributed by atoms with Gasteiger partial charge in [-0.05, 0) is 59.1 Å². The number of carbonyl (C=O) groups excluding carboxylic acids is 3. The quantitative estimate of drug-likeness (QED) is 0.689. The Hall–Kier alpha value is -2.74. The van der Waals surface area contributed by atoms with E-state index >= 15 is 0 Å². The van der Waals surface area contributed by atoms with Crippen LogP contribution < -0.4 is 10.6 Å². The van der Waals surface area contributed by atoms with Gasteiger partial charge < -0.3 is 15.5 Å². The van der Waals surface area contributed by atoms with Gasteiger partial charge in [0.25, 0.3) is 5.91 Å². The Morgan fingerprint density at radius 3 is 2.67 bits per heavy atom. The number of carbonyl (C=O) groups is 3. The van der Waals surface area contributed by atoms with Gasteiger partial charge in [-0.2, -0.15) is 0 Å². The van der Waals surface area contributed by atoms with Crippen molar-refractivity contribution in [3.8, 4) is 0 Å². The molecule has 3 rings (SSSR count). The van der Waals surface area contributed by atoms with E-state index in [2.05, 4.69) is 31.5 Å². The van der Waals surface area contributed by atoms with E-state index in [4.69, 9.17) is 0 Å². The van der Waals surface area contributed by atoms with E-state index in [1.807, 2.05) is 13.8 Å². The highest BCUT2D eigenvalue weighted by molar-refractivity contribution is 9.10. The summed E-state index contributed by atoms with van der Waals surface area (Å²) < 4.78 is 0.821. The number of hydrogen-bond donors (Lipinski definition) is 2. The number of pyridine rings is 1. The second-order valence-corrected chi connectivity index (χ2v) is 8.58. The lowest BCUT2D eigenvalue weighted by Gasteiger charge is -2.33. The Balaban J connectivity index is 1.63. The summed E-state index contributed by atoms with van der Waals surface area (Å²) in [6.45, 7) is 4.86. The molecule has 2 heterocycles. The number of nitrogens with one attached hydrogen (secondary N) is 2. The SMILES string of the molecule is CC(C)C(=O)N1CCC[C@@H](C(=O)Nc2cccc(C(=O)Nc3ccc(Br)cn3)c2)C1. The van der Waals surface area contributed by atoms with Crippen LogP contribution in [0.2, 0.25) is 0 Å². The predicted octanol–water partition coefficient (Wildman–Crippen LogP) is 3.93. The third-order valence-corrected chi connectivity index (χ3v) is 5.43. The van der Waals surface area contributed by atoms with Gasteiger partial charge in [-0.3, -0.25) is 14.4 Å². The number of benzene rings is 1. The monoisotopic (exact) mass is 472 g/mol. The van der Waals surface area contributed by atoms with Crippen molar-refractivity contribution in [2.24, 2.45) is 11.8 Å². The molecule has 1 fully saturated rings. The maximum absolute atomic E-state index is 12.7. The van der Waals surface area contributed by atoms with E-state index in [-0.39, 0.29) is 29.6 Å². The summed E-state index contributed by atoms with van der Waals surface area (Å²) in [7, 11) is 0. The van der Waals surface area contributed by atoms with Crippen LogP contribution in [0.4, 0.5) is 11.5 Å². The molecule has 1 aromatic heterocycles. The molecule has 1 saturated heterocycles.